The molecule has 1 amide bonds. The Balaban J connectivity index is 2.36. The minimum atomic E-state index is -1.08. The predicted octanol–water partition coefficient (Wildman–Crippen LogP) is 0.234. The van der Waals surface area contributed by atoms with E-state index in [0.717, 1.165) is 0 Å². The molecule has 0 saturated carbocycles. The molecule has 0 aromatic heterocycles. The van der Waals surface area contributed by atoms with Crippen molar-refractivity contribution in [3.05, 3.63) is 0 Å². The van der Waals surface area contributed by atoms with Gasteiger partial charge in [0.25, 0.3) is 0 Å². The molecule has 0 spiro atoms. The number of hydrogen-bond donors (Lipinski definition) is 2. The lowest BCUT2D eigenvalue weighted by Crippen LogP contribution is -2.72. The average molecular weight is 255 g/mol. The molecule has 2 aliphatic heterocycles. The van der Waals surface area contributed by atoms with Crippen LogP contribution >= 0.6 is 11.8 Å². The molecule has 0 aromatic rings. The van der Waals surface area contributed by atoms with Gasteiger partial charge in [0.2, 0.25) is 5.91 Å². The fourth-order valence-corrected chi connectivity index (χ4v) is 4.20. The summed E-state index contributed by atoms with van der Waals surface area (Å²) < 4.78 is -0.0334. The van der Waals surface area contributed by atoms with Crippen molar-refractivity contribution in [1.82, 2.24) is 4.90 Å². The maximum absolute atomic E-state index is 12.2. The Hall–Kier alpha value is -0.880. The van der Waals surface area contributed by atoms with Crippen LogP contribution < -0.4 is 5.73 Å². The molecular formula is C11H17N3O2S. The Bertz CT molecular complexity index is 421. The van der Waals surface area contributed by atoms with E-state index < -0.39 is 5.41 Å². The quantitative estimate of drug-likeness (QED) is 0.558. The molecule has 2 fully saturated rings. The monoisotopic (exact) mass is 255 g/mol. The van der Waals surface area contributed by atoms with Gasteiger partial charge in [-0.2, -0.15) is 0 Å². The van der Waals surface area contributed by atoms with Crippen LogP contribution in [0.4, 0.5) is 0 Å². The first-order valence-electron chi connectivity index (χ1n) is 5.55. The molecule has 5 nitrogen and oxygen atoms in total. The van der Waals surface area contributed by atoms with Gasteiger partial charge in [0.15, 0.2) is 5.78 Å². The minimum Gasteiger partial charge on any atom is -0.329 e. The lowest BCUT2D eigenvalue weighted by Gasteiger charge is -2.51. The van der Waals surface area contributed by atoms with E-state index in [-0.39, 0.29) is 34.1 Å². The van der Waals surface area contributed by atoms with Crippen LogP contribution in [-0.2, 0) is 9.59 Å². The van der Waals surface area contributed by atoms with Crippen LogP contribution in [0.5, 0.6) is 0 Å². The van der Waals surface area contributed by atoms with Crippen LogP contribution in [0.25, 0.3) is 0 Å². The number of nitrogens with zero attached hydrogens (tertiary/aromatic N) is 1. The number of nitrogens with one attached hydrogen (secondary N) is 1. The van der Waals surface area contributed by atoms with Crippen molar-refractivity contribution in [3.8, 4) is 0 Å². The second kappa shape index (κ2) is 3.55. The maximum atomic E-state index is 12.2. The van der Waals surface area contributed by atoms with Gasteiger partial charge < -0.3 is 16.0 Å². The van der Waals surface area contributed by atoms with Crippen molar-refractivity contribution in [2.24, 2.45) is 11.1 Å². The number of ketones is 1. The Labute approximate surface area is 105 Å². The third kappa shape index (κ3) is 1.47. The number of carbonyl (C=O) groups is 2. The van der Waals surface area contributed by atoms with Gasteiger partial charge in [-0.25, -0.2) is 0 Å². The molecule has 0 aliphatic carbocycles. The summed E-state index contributed by atoms with van der Waals surface area (Å²) in [5.41, 5.74) is 4.47. The molecule has 17 heavy (non-hydrogen) atoms. The zero-order valence-electron chi connectivity index (χ0n) is 10.2. The van der Waals surface area contributed by atoms with Crippen molar-refractivity contribution >= 4 is 29.2 Å². The van der Waals surface area contributed by atoms with Crippen molar-refractivity contribution in [1.29, 1.82) is 5.41 Å². The summed E-state index contributed by atoms with van der Waals surface area (Å²) in [7, 11) is 0. The Morgan fingerprint density at radius 2 is 2.24 bits per heavy atom. The van der Waals surface area contributed by atoms with Crippen LogP contribution in [0.3, 0.4) is 0 Å². The number of Topliss-reactive ketones (excluding diaryl/α,β-unsaturated/α-hetero) is 1. The van der Waals surface area contributed by atoms with E-state index in [0.29, 0.717) is 6.54 Å². The molecular weight excluding hydrogens is 238 g/mol. The van der Waals surface area contributed by atoms with Gasteiger partial charge in [0.05, 0.1) is 11.1 Å². The SMILES string of the molecule is CC(=O)C(=N)C1(CN)C(=O)N2CC(C)(C)SC21. The number of fused-ring (bicyclic) bond motifs is 1. The molecule has 0 radical (unpaired) electrons. The van der Waals surface area contributed by atoms with Gasteiger partial charge in [-0.3, -0.25) is 9.59 Å². The second-order valence-corrected chi connectivity index (χ2v) is 7.06. The number of amides is 1. The summed E-state index contributed by atoms with van der Waals surface area (Å²) in [6.45, 7) is 6.13. The summed E-state index contributed by atoms with van der Waals surface area (Å²) in [6.07, 6.45) is 0. The molecule has 2 aliphatic rings. The number of rotatable bonds is 3. The largest absolute Gasteiger partial charge is 0.329 e. The van der Waals surface area contributed by atoms with Gasteiger partial charge >= 0.3 is 0 Å². The zero-order valence-corrected chi connectivity index (χ0v) is 11.1. The molecule has 2 saturated heterocycles. The molecule has 94 valence electrons. The van der Waals surface area contributed by atoms with Crippen LogP contribution in [0, 0.1) is 10.8 Å². The van der Waals surface area contributed by atoms with Crippen molar-refractivity contribution in [2.45, 2.75) is 30.9 Å². The third-order valence-electron chi connectivity index (χ3n) is 3.45. The number of hydrogen-bond acceptors (Lipinski definition) is 5. The summed E-state index contributed by atoms with van der Waals surface area (Å²) in [4.78, 5) is 25.3. The number of β-lactam (4-membered cyclic amide) rings is 1. The number of carbonyl (C=O) groups excluding carboxylic acids is 2. The maximum Gasteiger partial charge on any atom is 0.240 e. The third-order valence-corrected chi connectivity index (χ3v) is 5.10. The van der Waals surface area contributed by atoms with Crippen molar-refractivity contribution in [2.75, 3.05) is 13.1 Å². The molecule has 2 atom stereocenters. The molecule has 2 heterocycles. The normalized spacial score (nSPS) is 34.2. The van der Waals surface area contributed by atoms with E-state index >= 15 is 0 Å². The van der Waals surface area contributed by atoms with E-state index in [1.807, 2.05) is 0 Å². The van der Waals surface area contributed by atoms with Crippen LogP contribution in [0.15, 0.2) is 0 Å². The molecule has 0 bridgehead atoms. The molecule has 0 aromatic carbocycles. The van der Waals surface area contributed by atoms with E-state index in [4.69, 9.17) is 11.1 Å². The number of thioether (sulfide) groups is 1. The van der Waals surface area contributed by atoms with E-state index in [2.05, 4.69) is 13.8 Å². The van der Waals surface area contributed by atoms with Crippen LogP contribution in [0.1, 0.15) is 20.8 Å². The van der Waals surface area contributed by atoms with E-state index in [1.165, 1.54) is 6.92 Å². The Morgan fingerprint density at radius 1 is 1.65 bits per heavy atom. The van der Waals surface area contributed by atoms with Gasteiger partial charge in [0, 0.05) is 24.8 Å². The fourth-order valence-electron chi connectivity index (χ4n) is 2.57. The first-order valence-corrected chi connectivity index (χ1v) is 6.43. The highest BCUT2D eigenvalue weighted by molar-refractivity contribution is 8.01. The standard InChI is InChI=1S/C11H17N3O2S/c1-6(15)7(13)11(4-12)8(16)14-5-10(2,3)17-9(11)14/h9,13H,4-5,12H2,1-3H3. The molecule has 2 rings (SSSR count). The molecule has 6 heteroatoms. The summed E-state index contributed by atoms with van der Waals surface area (Å²) in [6, 6.07) is 0. The van der Waals surface area contributed by atoms with E-state index in [1.54, 1.807) is 16.7 Å². The molecule has 2 unspecified atom stereocenters. The van der Waals surface area contributed by atoms with Crippen LogP contribution in [-0.4, -0.2) is 45.5 Å². The average Bonchev–Trinajstić information content (AvgIpc) is 2.53. The summed E-state index contributed by atoms with van der Waals surface area (Å²) >= 11 is 1.63. The highest BCUT2D eigenvalue weighted by Gasteiger charge is 2.68. The van der Waals surface area contributed by atoms with Crippen molar-refractivity contribution in [3.63, 3.8) is 0 Å². The fraction of sp³-hybridized carbons (Fsp3) is 0.727. The zero-order chi connectivity index (χ0) is 13.0. The van der Waals surface area contributed by atoms with Gasteiger partial charge in [-0.05, 0) is 13.8 Å². The van der Waals surface area contributed by atoms with E-state index in [9.17, 15) is 9.59 Å². The van der Waals surface area contributed by atoms with Crippen LogP contribution in [0.2, 0.25) is 0 Å². The summed E-state index contributed by atoms with van der Waals surface area (Å²) in [5, 5.41) is 7.72. The minimum absolute atomic E-state index is 0.0334. The smallest absolute Gasteiger partial charge is 0.240 e. The lowest BCUT2D eigenvalue weighted by atomic mass is 9.72. The molecule has 3 N–H and O–H groups in total. The highest BCUT2D eigenvalue weighted by Crippen LogP contribution is 2.55. The van der Waals surface area contributed by atoms with Gasteiger partial charge in [0.1, 0.15) is 5.41 Å². The first kappa shape index (κ1) is 12.6. The highest BCUT2D eigenvalue weighted by atomic mass is 32.2. The second-order valence-electron chi connectivity index (χ2n) is 5.27. The lowest BCUT2D eigenvalue weighted by molar-refractivity contribution is -0.154. The van der Waals surface area contributed by atoms with Gasteiger partial charge in [-0.1, -0.05) is 0 Å². The summed E-state index contributed by atoms with van der Waals surface area (Å²) in [5.74, 6) is -0.531. The Morgan fingerprint density at radius 3 is 2.71 bits per heavy atom. The Kier molecular flexibility index (Phi) is 2.63. The topological polar surface area (TPSA) is 87.2 Å². The van der Waals surface area contributed by atoms with Gasteiger partial charge in [-0.15, -0.1) is 11.8 Å². The van der Waals surface area contributed by atoms with Crippen molar-refractivity contribution < 1.29 is 9.59 Å². The number of nitrogens with two attached hydrogens (primary N) is 1. The predicted molar refractivity (Wildman–Crippen MR) is 67.1 cm³/mol. The first-order chi connectivity index (χ1) is 7.76.